The molecule has 0 aromatic heterocycles. The first-order chi connectivity index (χ1) is 7.60. The number of alkyl halides is 1. The molecule has 0 N–H and O–H groups in total. The minimum Gasteiger partial charge on any atom is -0.465 e. The molecule has 1 aromatic rings. The predicted molar refractivity (Wildman–Crippen MR) is 68.5 cm³/mol. The molecule has 1 rings (SSSR count). The van der Waals surface area contributed by atoms with E-state index in [0.29, 0.717) is 22.0 Å². The number of rotatable bonds is 3. The van der Waals surface area contributed by atoms with Gasteiger partial charge in [0.1, 0.15) is 0 Å². The van der Waals surface area contributed by atoms with E-state index in [1.165, 1.54) is 7.11 Å². The topological polar surface area (TPSA) is 26.3 Å². The van der Waals surface area contributed by atoms with Gasteiger partial charge in [-0.2, -0.15) is 4.39 Å². The van der Waals surface area contributed by atoms with Gasteiger partial charge in [0.25, 0.3) is 0 Å². The molecule has 0 radical (unpaired) electrons. The Hall–Kier alpha value is -0.680. The van der Waals surface area contributed by atoms with Gasteiger partial charge in [-0.05, 0) is 33.6 Å². The normalized spacial score (nSPS) is 12.0. The van der Waals surface area contributed by atoms with Crippen LogP contribution >= 0.6 is 31.9 Å². The molecule has 0 fully saturated rings. The van der Waals surface area contributed by atoms with Gasteiger partial charge in [0.05, 0.1) is 12.7 Å². The maximum absolute atomic E-state index is 13.1. The van der Waals surface area contributed by atoms with Crippen LogP contribution in [0.1, 0.15) is 15.9 Å². The highest BCUT2D eigenvalue weighted by Gasteiger charge is 2.08. The van der Waals surface area contributed by atoms with Crippen LogP contribution in [0.5, 0.6) is 0 Å². The third-order valence-corrected chi connectivity index (χ3v) is 3.06. The SMILES string of the molecule is COC(=O)c1ccc(C(CBr)=C(F)Br)cc1. The van der Waals surface area contributed by atoms with E-state index < -0.39 is 10.7 Å². The first-order valence-electron chi connectivity index (χ1n) is 4.39. The van der Waals surface area contributed by atoms with Crippen LogP contribution in [0.2, 0.25) is 0 Å². The number of benzene rings is 1. The smallest absolute Gasteiger partial charge is 0.337 e. The van der Waals surface area contributed by atoms with E-state index in [-0.39, 0.29) is 0 Å². The maximum Gasteiger partial charge on any atom is 0.337 e. The molecule has 0 aliphatic heterocycles. The fourth-order valence-electron chi connectivity index (χ4n) is 1.16. The summed E-state index contributed by atoms with van der Waals surface area (Å²) < 4.78 is 17.2. The Morgan fingerprint density at radius 2 is 1.81 bits per heavy atom. The quantitative estimate of drug-likeness (QED) is 0.609. The first-order valence-corrected chi connectivity index (χ1v) is 6.30. The lowest BCUT2D eigenvalue weighted by Crippen LogP contribution is -2.00. The van der Waals surface area contributed by atoms with Crippen molar-refractivity contribution in [2.24, 2.45) is 0 Å². The number of ether oxygens (including phenoxy) is 1. The summed E-state index contributed by atoms with van der Waals surface area (Å²) in [5.41, 5.74) is 1.64. The summed E-state index contributed by atoms with van der Waals surface area (Å²) in [5.74, 6) is -0.407. The molecule has 0 aliphatic rings. The van der Waals surface area contributed by atoms with Gasteiger partial charge in [-0.25, -0.2) is 4.79 Å². The van der Waals surface area contributed by atoms with Gasteiger partial charge in [0.15, 0.2) is 4.74 Å². The van der Waals surface area contributed by atoms with Gasteiger partial charge in [-0.3, -0.25) is 0 Å². The zero-order valence-electron chi connectivity index (χ0n) is 8.47. The second kappa shape index (κ2) is 6.15. The molecule has 0 unspecified atom stereocenters. The summed E-state index contributed by atoms with van der Waals surface area (Å²) in [4.78, 5) is 11.2. The summed E-state index contributed by atoms with van der Waals surface area (Å²) in [6.45, 7) is 0. The zero-order valence-corrected chi connectivity index (χ0v) is 11.6. The Kier molecular flexibility index (Phi) is 5.15. The van der Waals surface area contributed by atoms with Gasteiger partial charge in [-0.1, -0.05) is 28.1 Å². The first kappa shape index (κ1) is 13.4. The van der Waals surface area contributed by atoms with Gasteiger partial charge in [0, 0.05) is 10.9 Å². The predicted octanol–water partition coefficient (Wildman–Crippen LogP) is 3.90. The average molecular weight is 352 g/mol. The monoisotopic (exact) mass is 350 g/mol. The van der Waals surface area contributed by atoms with Crippen molar-refractivity contribution in [3.8, 4) is 0 Å². The standard InChI is InChI=1S/C11H9Br2FO2/c1-16-11(15)8-4-2-7(3-5-8)9(6-12)10(13)14/h2-5H,6H2,1H3. The van der Waals surface area contributed by atoms with Crippen molar-refractivity contribution in [1.29, 1.82) is 0 Å². The lowest BCUT2D eigenvalue weighted by atomic mass is 10.1. The highest BCUT2D eigenvalue weighted by atomic mass is 79.9. The summed E-state index contributed by atoms with van der Waals surface area (Å²) in [6.07, 6.45) is 0. The van der Waals surface area contributed by atoms with E-state index in [1.54, 1.807) is 24.3 Å². The summed E-state index contributed by atoms with van der Waals surface area (Å²) in [5, 5.41) is 0.391. The Balaban J connectivity index is 3.04. The van der Waals surface area contributed by atoms with E-state index in [1.807, 2.05) is 0 Å². The third kappa shape index (κ3) is 3.15. The molecule has 1 aromatic carbocycles. The number of halogens is 3. The second-order valence-corrected chi connectivity index (χ2v) is 4.20. The number of methoxy groups -OCH3 is 1. The van der Waals surface area contributed by atoms with Crippen molar-refractivity contribution in [2.45, 2.75) is 0 Å². The van der Waals surface area contributed by atoms with Crippen LogP contribution in [0.15, 0.2) is 29.0 Å². The van der Waals surface area contributed by atoms with Crippen LogP contribution in [0, 0.1) is 0 Å². The largest absolute Gasteiger partial charge is 0.465 e. The van der Waals surface area contributed by atoms with Crippen molar-refractivity contribution in [2.75, 3.05) is 12.4 Å². The number of hydrogen-bond donors (Lipinski definition) is 0. The Morgan fingerprint density at radius 3 is 2.19 bits per heavy atom. The van der Waals surface area contributed by atoms with Crippen molar-refractivity contribution in [1.82, 2.24) is 0 Å². The van der Waals surface area contributed by atoms with Crippen LogP contribution in [-0.2, 0) is 4.74 Å². The van der Waals surface area contributed by atoms with E-state index >= 15 is 0 Å². The second-order valence-electron chi connectivity index (χ2n) is 2.94. The number of hydrogen-bond acceptors (Lipinski definition) is 2. The zero-order chi connectivity index (χ0) is 12.1. The number of esters is 1. The molecule has 0 atom stereocenters. The molecule has 2 nitrogen and oxygen atoms in total. The maximum atomic E-state index is 13.1. The molecule has 0 aliphatic carbocycles. The van der Waals surface area contributed by atoms with Crippen LogP contribution in [-0.4, -0.2) is 18.4 Å². The minimum absolute atomic E-state index is 0.391. The fraction of sp³-hybridized carbons (Fsp3) is 0.182. The fourth-order valence-corrected chi connectivity index (χ4v) is 2.48. The van der Waals surface area contributed by atoms with Crippen LogP contribution in [0.4, 0.5) is 4.39 Å². The molecule has 0 heterocycles. The molecular formula is C11H9Br2FO2. The Morgan fingerprint density at radius 1 is 1.31 bits per heavy atom. The molecule has 0 saturated carbocycles. The van der Waals surface area contributed by atoms with Gasteiger partial charge in [0.2, 0.25) is 0 Å². The summed E-state index contributed by atoms with van der Waals surface area (Å²) >= 11 is 5.98. The number of carbonyl (C=O) groups is 1. The number of carbonyl (C=O) groups excluding carboxylic acids is 1. The van der Waals surface area contributed by atoms with Gasteiger partial charge < -0.3 is 4.74 Å². The third-order valence-electron chi connectivity index (χ3n) is 2.02. The molecule has 0 saturated heterocycles. The molecule has 5 heteroatoms. The molecular weight excluding hydrogens is 343 g/mol. The van der Waals surface area contributed by atoms with Crippen LogP contribution in [0.3, 0.4) is 0 Å². The van der Waals surface area contributed by atoms with Crippen LogP contribution in [0.25, 0.3) is 5.57 Å². The van der Waals surface area contributed by atoms with Crippen molar-refractivity contribution in [3.63, 3.8) is 0 Å². The van der Waals surface area contributed by atoms with E-state index in [9.17, 15) is 9.18 Å². The van der Waals surface area contributed by atoms with Crippen molar-refractivity contribution in [3.05, 3.63) is 40.1 Å². The lowest BCUT2D eigenvalue weighted by molar-refractivity contribution is 0.0601. The van der Waals surface area contributed by atoms with E-state index in [2.05, 4.69) is 36.6 Å². The van der Waals surface area contributed by atoms with E-state index in [0.717, 1.165) is 0 Å². The van der Waals surface area contributed by atoms with Crippen molar-refractivity contribution < 1.29 is 13.9 Å². The minimum atomic E-state index is -0.421. The highest BCUT2D eigenvalue weighted by molar-refractivity contribution is 9.12. The highest BCUT2D eigenvalue weighted by Crippen LogP contribution is 2.25. The molecule has 0 amide bonds. The Labute approximate surface area is 110 Å². The molecule has 0 spiro atoms. The van der Waals surface area contributed by atoms with Gasteiger partial charge in [-0.15, -0.1) is 0 Å². The summed E-state index contributed by atoms with van der Waals surface area (Å²) in [7, 11) is 1.32. The van der Waals surface area contributed by atoms with Crippen molar-refractivity contribution >= 4 is 43.4 Å². The number of allylic oxidation sites excluding steroid dienone is 1. The molecule has 0 bridgehead atoms. The van der Waals surface area contributed by atoms with E-state index in [4.69, 9.17) is 0 Å². The average Bonchev–Trinajstić information content (AvgIpc) is 2.29. The van der Waals surface area contributed by atoms with Gasteiger partial charge >= 0.3 is 5.97 Å². The lowest BCUT2D eigenvalue weighted by Gasteiger charge is -2.05. The summed E-state index contributed by atoms with van der Waals surface area (Å²) in [6, 6.07) is 6.53. The Bertz CT molecular complexity index is 408. The van der Waals surface area contributed by atoms with Crippen LogP contribution < -0.4 is 0 Å². The molecule has 86 valence electrons. The molecule has 16 heavy (non-hydrogen) atoms.